The number of rotatable bonds is 7. The lowest BCUT2D eigenvalue weighted by Crippen LogP contribution is -2.22. The van der Waals surface area contributed by atoms with Crippen molar-refractivity contribution >= 4 is 50.5 Å². The predicted octanol–water partition coefficient (Wildman–Crippen LogP) is 5.24. The predicted molar refractivity (Wildman–Crippen MR) is 134 cm³/mol. The van der Waals surface area contributed by atoms with Crippen LogP contribution in [0.1, 0.15) is 60.2 Å². The summed E-state index contributed by atoms with van der Waals surface area (Å²) in [6.07, 6.45) is 0. The first-order valence-electron chi connectivity index (χ1n) is 10.8. The summed E-state index contributed by atoms with van der Waals surface area (Å²) >= 11 is 9.71. The van der Waals surface area contributed by atoms with Crippen LogP contribution in [0.3, 0.4) is 0 Å². The SMILES string of the molecule is CCOC(=O)c1nc(Br)n(C(C)C)c1C(Nc1cc(C)c2nnn(C)c2n1)c1ccc(Cl)cc1. The number of hydrogen-bond acceptors (Lipinski definition) is 7. The van der Waals surface area contributed by atoms with Gasteiger partial charge in [-0.15, -0.1) is 5.10 Å². The molecule has 0 fully saturated rings. The summed E-state index contributed by atoms with van der Waals surface area (Å²) in [6.45, 7) is 8.03. The lowest BCUT2D eigenvalue weighted by molar-refractivity contribution is 0.0518. The van der Waals surface area contributed by atoms with Gasteiger partial charge in [0.25, 0.3) is 0 Å². The number of anilines is 1. The van der Waals surface area contributed by atoms with Gasteiger partial charge in [0.1, 0.15) is 11.3 Å². The molecule has 1 N–H and O–H groups in total. The van der Waals surface area contributed by atoms with Gasteiger partial charge < -0.3 is 14.6 Å². The van der Waals surface area contributed by atoms with Crippen LogP contribution in [-0.2, 0) is 11.8 Å². The van der Waals surface area contributed by atoms with E-state index in [2.05, 4.69) is 36.5 Å². The number of imidazole rings is 1. The number of pyridine rings is 1. The van der Waals surface area contributed by atoms with Gasteiger partial charge in [-0.2, -0.15) is 0 Å². The van der Waals surface area contributed by atoms with Gasteiger partial charge in [-0.3, -0.25) is 0 Å². The molecule has 178 valence electrons. The van der Waals surface area contributed by atoms with Crippen molar-refractivity contribution in [2.75, 3.05) is 11.9 Å². The van der Waals surface area contributed by atoms with Crippen molar-refractivity contribution in [2.45, 2.75) is 39.8 Å². The van der Waals surface area contributed by atoms with E-state index >= 15 is 0 Å². The highest BCUT2D eigenvalue weighted by Gasteiger charge is 2.31. The second-order valence-electron chi connectivity index (χ2n) is 8.14. The molecule has 0 aliphatic rings. The zero-order valence-electron chi connectivity index (χ0n) is 19.5. The Morgan fingerprint density at radius 1 is 1.24 bits per heavy atom. The maximum atomic E-state index is 12.9. The van der Waals surface area contributed by atoms with Crippen molar-refractivity contribution in [2.24, 2.45) is 7.05 Å². The monoisotopic (exact) mass is 545 g/mol. The fourth-order valence-corrected chi connectivity index (χ4v) is 4.78. The van der Waals surface area contributed by atoms with Crippen molar-refractivity contribution in [1.82, 2.24) is 29.5 Å². The molecule has 1 unspecified atom stereocenters. The second-order valence-corrected chi connectivity index (χ2v) is 9.28. The number of benzene rings is 1. The van der Waals surface area contributed by atoms with Gasteiger partial charge in [0.2, 0.25) is 0 Å². The summed E-state index contributed by atoms with van der Waals surface area (Å²) in [7, 11) is 1.80. The molecule has 4 aromatic rings. The van der Waals surface area contributed by atoms with Crippen molar-refractivity contribution in [3.63, 3.8) is 0 Å². The van der Waals surface area contributed by atoms with Gasteiger partial charge in [-0.1, -0.05) is 28.9 Å². The van der Waals surface area contributed by atoms with Gasteiger partial charge in [-0.25, -0.2) is 19.4 Å². The number of halogens is 2. The molecule has 1 atom stereocenters. The highest BCUT2D eigenvalue weighted by molar-refractivity contribution is 9.10. The molecule has 0 amide bonds. The number of carbonyl (C=O) groups excluding carboxylic acids is 1. The maximum Gasteiger partial charge on any atom is 0.358 e. The van der Waals surface area contributed by atoms with E-state index in [1.807, 2.05) is 55.7 Å². The zero-order valence-corrected chi connectivity index (χ0v) is 21.8. The van der Waals surface area contributed by atoms with Crippen LogP contribution in [0.2, 0.25) is 5.02 Å². The molecule has 0 aliphatic heterocycles. The Morgan fingerprint density at radius 2 is 1.94 bits per heavy atom. The minimum atomic E-state index is -0.492. The van der Waals surface area contributed by atoms with Gasteiger partial charge >= 0.3 is 5.97 Å². The lowest BCUT2D eigenvalue weighted by Gasteiger charge is -2.25. The topological polar surface area (TPSA) is 99.7 Å². The van der Waals surface area contributed by atoms with E-state index in [0.717, 1.165) is 16.6 Å². The quantitative estimate of drug-likeness (QED) is 0.316. The number of aromatic nitrogens is 6. The molecule has 0 saturated carbocycles. The van der Waals surface area contributed by atoms with Gasteiger partial charge in [0, 0.05) is 18.1 Å². The van der Waals surface area contributed by atoms with Crippen LogP contribution in [0, 0.1) is 6.92 Å². The zero-order chi connectivity index (χ0) is 24.6. The standard InChI is InChI=1S/C23H25BrClN7O2/c1-6-34-22(33)19-20(32(12(2)3)23(24)28-19)18(14-7-9-15(25)10-8-14)26-16-11-13(4)17-21(27-16)31(5)30-29-17/h7-12,18H,6H2,1-5H3,(H,26,27). The number of hydrogen-bond donors (Lipinski definition) is 1. The van der Waals surface area contributed by atoms with Crippen LogP contribution in [-0.4, -0.2) is 42.1 Å². The minimum absolute atomic E-state index is 0.00935. The molecule has 4 rings (SSSR count). The van der Waals surface area contributed by atoms with E-state index in [9.17, 15) is 4.79 Å². The molecule has 9 nitrogen and oxygen atoms in total. The third-order valence-corrected chi connectivity index (χ3v) is 6.22. The van der Waals surface area contributed by atoms with Crippen LogP contribution < -0.4 is 5.32 Å². The number of fused-ring (bicyclic) bond motifs is 1. The molecule has 34 heavy (non-hydrogen) atoms. The number of carbonyl (C=O) groups is 1. The first-order chi connectivity index (χ1) is 16.2. The molecular weight excluding hydrogens is 522 g/mol. The average Bonchev–Trinajstić information content (AvgIpc) is 3.33. The fourth-order valence-electron chi connectivity index (χ4n) is 3.87. The van der Waals surface area contributed by atoms with E-state index < -0.39 is 12.0 Å². The Bertz CT molecular complexity index is 1350. The third-order valence-electron chi connectivity index (χ3n) is 5.41. The summed E-state index contributed by atoms with van der Waals surface area (Å²) in [4.78, 5) is 22.2. The molecule has 11 heteroatoms. The Hall–Kier alpha value is -2.98. The molecular formula is C23H25BrClN7O2. The molecule has 0 bridgehead atoms. The molecule has 3 aromatic heterocycles. The Labute approximate surface area is 210 Å². The highest BCUT2D eigenvalue weighted by atomic mass is 79.9. The molecule has 0 spiro atoms. The minimum Gasteiger partial charge on any atom is -0.461 e. The van der Waals surface area contributed by atoms with Gasteiger partial charge in [0.05, 0.1) is 18.3 Å². The normalized spacial score (nSPS) is 12.4. The lowest BCUT2D eigenvalue weighted by atomic mass is 10.0. The number of ether oxygens (including phenoxy) is 1. The summed E-state index contributed by atoms with van der Waals surface area (Å²) in [5, 5.41) is 12.4. The van der Waals surface area contributed by atoms with Crippen LogP contribution in [0.4, 0.5) is 5.82 Å². The summed E-state index contributed by atoms with van der Waals surface area (Å²) in [5.41, 5.74) is 4.09. The molecule has 0 aliphatic carbocycles. The highest BCUT2D eigenvalue weighted by Crippen LogP contribution is 2.35. The van der Waals surface area contributed by atoms with E-state index in [4.69, 9.17) is 21.3 Å². The van der Waals surface area contributed by atoms with Gasteiger partial charge in [-0.05, 0) is 73.0 Å². The summed E-state index contributed by atoms with van der Waals surface area (Å²) in [5.74, 6) is 0.117. The van der Waals surface area contributed by atoms with Crippen molar-refractivity contribution in [3.05, 3.63) is 62.6 Å². The number of aryl methyl sites for hydroxylation is 2. The fraction of sp³-hybridized carbons (Fsp3) is 0.348. The first kappa shape index (κ1) is 24.2. The van der Waals surface area contributed by atoms with E-state index in [-0.39, 0.29) is 18.3 Å². The molecule has 3 heterocycles. The van der Waals surface area contributed by atoms with Gasteiger partial charge in [0.15, 0.2) is 16.1 Å². The van der Waals surface area contributed by atoms with Crippen LogP contribution >= 0.6 is 27.5 Å². The number of nitrogens with one attached hydrogen (secondary N) is 1. The van der Waals surface area contributed by atoms with Crippen LogP contribution in [0.25, 0.3) is 11.2 Å². The Kier molecular flexibility index (Phi) is 6.90. The molecule has 0 saturated heterocycles. The largest absolute Gasteiger partial charge is 0.461 e. The van der Waals surface area contributed by atoms with Crippen molar-refractivity contribution in [3.8, 4) is 0 Å². The van der Waals surface area contributed by atoms with Crippen LogP contribution in [0.15, 0.2) is 35.1 Å². The third kappa shape index (κ3) is 4.52. The van der Waals surface area contributed by atoms with E-state index in [1.165, 1.54) is 0 Å². The van der Waals surface area contributed by atoms with Crippen molar-refractivity contribution in [1.29, 1.82) is 0 Å². The first-order valence-corrected chi connectivity index (χ1v) is 12.0. The summed E-state index contributed by atoms with van der Waals surface area (Å²) in [6, 6.07) is 8.89. The van der Waals surface area contributed by atoms with Crippen LogP contribution in [0.5, 0.6) is 0 Å². The average molecular weight is 547 g/mol. The molecule has 1 aromatic carbocycles. The second kappa shape index (κ2) is 9.71. The van der Waals surface area contributed by atoms with E-state index in [0.29, 0.717) is 26.9 Å². The Balaban J connectivity index is 1.93. The number of esters is 1. The molecule has 0 radical (unpaired) electrons. The maximum absolute atomic E-state index is 12.9. The smallest absolute Gasteiger partial charge is 0.358 e. The van der Waals surface area contributed by atoms with Crippen molar-refractivity contribution < 1.29 is 9.53 Å². The summed E-state index contributed by atoms with van der Waals surface area (Å²) < 4.78 is 9.47. The number of nitrogens with zero attached hydrogens (tertiary/aromatic N) is 6. The Morgan fingerprint density at radius 3 is 2.59 bits per heavy atom. The van der Waals surface area contributed by atoms with E-state index in [1.54, 1.807) is 18.7 Å².